The summed E-state index contributed by atoms with van der Waals surface area (Å²) in [6, 6.07) is 21.4. The Morgan fingerprint density at radius 2 is 1.68 bits per heavy atom. The van der Waals surface area contributed by atoms with Crippen molar-refractivity contribution in [3.05, 3.63) is 72.6 Å². The summed E-state index contributed by atoms with van der Waals surface area (Å²) in [6.45, 7) is 0.260. The number of ether oxygens (including phenoxy) is 1. The molecule has 0 radical (unpaired) electrons. The number of aromatic nitrogens is 2. The minimum absolute atomic E-state index is 0.0973. The number of nitrogens with zero attached hydrogens (tertiary/aromatic N) is 3. The van der Waals surface area contributed by atoms with Crippen molar-refractivity contribution in [2.45, 2.75) is 50.5 Å². The van der Waals surface area contributed by atoms with Crippen LogP contribution in [0.5, 0.6) is 5.75 Å². The zero-order valence-corrected chi connectivity index (χ0v) is 17.8. The van der Waals surface area contributed by atoms with Gasteiger partial charge in [-0.1, -0.05) is 42.5 Å². The number of amides is 1. The molecule has 5 rings (SSSR count). The summed E-state index contributed by atoms with van der Waals surface area (Å²) >= 11 is 0. The van der Waals surface area contributed by atoms with Crippen molar-refractivity contribution in [3.63, 3.8) is 0 Å². The number of carbonyl (C=O) groups excluding carboxylic acids is 1. The van der Waals surface area contributed by atoms with Crippen LogP contribution in [0.4, 0.5) is 0 Å². The maximum absolute atomic E-state index is 12.6. The average Bonchev–Trinajstić information content (AvgIpc) is 3.34. The van der Waals surface area contributed by atoms with Gasteiger partial charge in [-0.2, -0.15) is 5.10 Å². The van der Waals surface area contributed by atoms with E-state index in [-0.39, 0.29) is 18.7 Å². The molecule has 2 aromatic carbocycles. The van der Waals surface area contributed by atoms with E-state index in [1.165, 1.54) is 18.4 Å². The van der Waals surface area contributed by atoms with Crippen LogP contribution in [0.15, 0.2) is 66.9 Å². The van der Waals surface area contributed by atoms with Gasteiger partial charge in [-0.25, -0.2) is 4.68 Å². The second-order valence-electron chi connectivity index (χ2n) is 8.60. The van der Waals surface area contributed by atoms with Crippen molar-refractivity contribution in [3.8, 4) is 16.9 Å². The molecule has 2 bridgehead atoms. The van der Waals surface area contributed by atoms with E-state index in [0.29, 0.717) is 17.8 Å². The molecular weight excluding hydrogens is 388 g/mol. The van der Waals surface area contributed by atoms with E-state index >= 15 is 0 Å². The Morgan fingerprint density at radius 3 is 2.39 bits per heavy atom. The SMILES string of the molecule is CN1C2CCC1CC(NC(=O)c1ccn(COc3ccc(-c4ccccc4)cc3)n1)C2. The van der Waals surface area contributed by atoms with Crippen molar-refractivity contribution in [1.29, 1.82) is 0 Å². The van der Waals surface area contributed by atoms with E-state index < -0.39 is 0 Å². The monoisotopic (exact) mass is 416 g/mol. The second-order valence-corrected chi connectivity index (χ2v) is 8.60. The van der Waals surface area contributed by atoms with Gasteiger partial charge in [-0.3, -0.25) is 4.79 Å². The molecule has 2 atom stereocenters. The Hall–Kier alpha value is -3.12. The van der Waals surface area contributed by atoms with Crippen molar-refractivity contribution < 1.29 is 9.53 Å². The van der Waals surface area contributed by atoms with Crippen LogP contribution in [-0.2, 0) is 6.73 Å². The highest BCUT2D eigenvalue weighted by Crippen LogP contribution is 2.34. The maximum atomic E-state index is 12.6. The lowest BCUT2D eigenvalue weighted by Gasteiger charge is -2.36. The number of hydrogen-bond donors (Lipinski definition) is 1. The molecule has 0 spiro atoms. The molecule has 0 saturated carbocycles. The van der Waals surface area contributed by atoms with E-state index in [9.17, 15) is 4.79 Å². The molecule has 1 N–H and O–H groups in total. The minimum Gasteiger partial charge on any atom is -0.471 e. The van der Waals surface area contributed by atoms with Gasteiger partial charge in [-0.05, 0) is 62.1 Å². The van der Waals surface area contributed by atoms with Gasteiger partial charge in [0.2, 0.25) is 0 Å². The van der Waals surface area contributed by atoms with Crippen molar-refractivity contribution in [1.82, 2.24) is 20.0 Å². The molecule has 2 saturated heterocycles. The quantitative estimate of drug-likeness (QED) is 0.661. The van der Waals surface area contributed by atoms with Gasteiger partial charge in [0, 0.05) is 24.3 Å². The molecule has 31 heavy (non-hydrogen) atoms. The summed E-state index contributed by atoms with van der Waals surface area (Å²) in [7, 11) is 2.21. The first-order valence-corrected chi connectivity index (χ1v) is 11.0. The van der Waals surface area contributed by atoms with Gasteiger partial charge in [0.05, 0.1) is 0 Å². The number of nitrogens with one attached hydrogen (secondary N) is 1. The second kappa shape index (κ2) is 8.55. The first kappa shape index (κ1) is 19.8. The lowest BCUT2D eigenvalue weighted by Crippen LogP contribution is -2.48. The topological polar surface area (TPSA) is 59.4 Å². The minimum atomic E-state index is -0.0973. The van der Waals surface area contributed by atoms with Gasteiger partial charge in [-0.15, -0.1) is 0 Å². The maximum Gasteiger partial charge on any atom is 0.271 e. The van der Waals surface area contributed by atoms with E-state index in [1.807, 2.05) is 42.5 Å². The molecule has 2 fully saturated rings. The largest absolute Gasteiger partial charge is 0.471 e. The highest BCUT2D eigenvalue weighted by Gasteiger charge is 2.38. The summed E-state index contributed by atoms with van der Waals surface area (Å²) in [5.74, 6) is 0.669. The van der Waals surface area contributed by atoms with Crippen LogP contribution in [0.25, 0.3) is 11.1 Å². The van der Waals surface area contributed by atoms with Crippen LogP contribution in [0.2, 0.25) is 0 Å². The summed E-state index contributed by atoms with van der Waals surface area (Å²) < 4.78 is 7.49. The third kappa shape index (κ3) is 4.35. The van der Waals surface area contributed by atoms with Gasteiger partial charge < -0.3 is 15.0 Å². The van der Waals surface area contributed by atoms with Crippen molar-refractivity contribution >= 4 is 5.91 Å². The standard InChI is InChI=1S/C25H28N4O2/c1-28-21-9-10-22(28)16-20(15-21)26-25(30)24-13-14-29(27-24)17-31-23-11-7-19(8-12-23)18-5-3-2-4-6-18/h2-8,11-14,20-22H,9-10,15-17H2,1H3,(H,26,30). The molecular formula is C25H28N4O2. The average molecular weight is 417 g/mol. The van der Waals surface area contributed by atoms with E-state index in [4.69, 9.17) is 4.74 Å². The Morgan fingerprint density at radius 1 is 1.00 bits per heavy atom. The summed E-state index contributed by atoms with van der Waals surface area (Å²) in [6.07, 6.45) is 6.33. The van der Waals surface area contributed by atoms with Crippen LogP contribution < -0.4 is 10.1 Å². The first-order valence-electron chi connectivity index (χ1n) is 11.0. The third-order valence-corrected chi connectivity index (χ3v) is 6.63. The van der Waals surface area contributed by atoms with Crippen molar-refractivity contribution in [2.24, 2.45) is 0 Å². The third-order valence-electron chi connectivity index (χ3n) is 6.63. The molecule has 6 nitrogen and oxygen atoms in total. The number of piperidine rings is 1. The molecule has 0 aliphatic carbocycles. The van der Waals surface area contributed by atoms with Crippen LogP contribution >= 0.6 is 0 Å². The predicted molar refractivity (Wildman–Crippen MR) is 120 cm³/mol. The lowest BCUT2D eigenvalue weighted by atomic mass is 9.98. The van der Waals surface area contributed by atoms with Crippen LogP contribution in [0.3, 0.4) is 0 Å². The predicted octanol–water partition coefficient (Wildman–Crippen LogP) is 3.94. The normalized spacial score (nSPS) is 22.9. The van der Waals surface area contributed by atoms with Crippen LogP contribution in [0.1, 0.15) is 36.2 Å². The summed E-state index contributed by atoms with van der Waals surface area (Å²) in [4.78, 5) is 15.1. The van der Waals surface area contributed by atoms with E-state index in [0.717, 1.165) is 24.2 Å². The fraction of sp³-hybridized carbons (Fsp3) is 0.360. The molecule has 1 amide bonds. The van der Waals surface area contributed by atoms with Gasteiger partial charge >= 0.3 is 0 Å². The number of hydrogen-bond acceptors (Lipinski definition) is 4. The Labute approximate surface area is 182 Å². The van der Waals surface area contributed by atoms with E-state index in [2.05, 4.69) is 34.5 Å². The highest BCUT2D eigenvalue weighted by molar-refractivity contribution is 5.92. The molecule has 3 heterocycles. The van der Waals surface area contributed by atoms with E-state index in [1.54, 1.807) is 16.9 Å². The zero-order chi connectivity index (χ0) is 21.2. The number of benzene rings is 2. The summed E-state index contributed by atoms with van der Waals surface area (Å²) in [5.41, 5.74) is 2.76. The molecule has 6 heteroatoms. The number of rotatable bonds is 6. The lowest BCUT2D eigenvalue weighted by molar-refractivity contribution is 0.0875. The van der Waals surface area contributed by atoms with Crippen molar-refractivity contribution in [2.75, 3.05) is 7.05 Å². The first-order chi connectivity index (χ1) is 15.2. The Balaban J connectivity index is 1.14. The van der Waals surface area contributed by atoms with Crippen LogP contribution in [0, 0.1) is 0 Å². The van der Waals surface area contributed by atoms with Gasteiger partial charge in [0.1, 0.15) is 11.4 Å². The zero-order valence-electron chi connectivity index (χ0n) is 17.8. The Bertz CT molecular complexity index is 1020. The molecule has 1 aromatic heterocycles. The molecule has 2 unspecified atom stereocenters. The number of carbonyl (C=O) groups is 1. The fourth-order valence-corrected chi connectivity index (χ4v) is 4.86. The smallest absolute Gasteiger partial charge is 0.271 e. The summed E-state index contributed by atoms with van der Waals surface area (Å²) in [5, 5.41) is 7.58. The Kier molecular flexibility index (Phi) is 5.47. The highest BCUT2D eigenvalue weighted by atomic mass is 16.5. The molecule has 160 valence electrons. The van der Waals surface area contributed by atoms with Gasteiger partial charge in [0.15, 0.2) is 6.73 Å². The molecule has 2 aliphatic heterocycles. The molecule has 3 aromatic rings. The van der Waals surface area contributed by atoms with Crippen LogP contribution in [-0.4, -0.2) is 45.8 Å². The fourth-order valence-electron chi connectivity index (χ4n) is 4.86. The number of fused-ring (bicyclic) bond motifs is 2. The molecule has 2 aliphatic rings. The van der Waals surface area contributed by atoms with Gasteiger partial charge in [0.25, 0.3) is 5.91 Å².